The molecule has 1 aromatic heterocycles. The van der Waals surface area contributed by atoms with Crippen molar-refractivity contribution in [2.45, 2.75) is 32.1 Å². The SMILES string of the molecule is CCNC(Cc1cccs1)CC1OCCO1. The smallest absolute Gasteiger partial charge is 0.159 e. The molecule has 90 valence electrons. The Labute approximate surface area is 101 Å². The Balaban J connectivity index is 1.83. The van der Waals surface area contributed by atoms with Gasteiger partial charge in [-0.05, 0) is 24.4 Å². The molecule has 1 aliphatic rings. The van der Waals surface area contributed by atoms with E-state index in [2.05, 4.69) is 29.8 Å². The molecular weight excluding hydrogens is 222 g/mol. The largest absolute Gasteiger partial charge is 0.350 e. The first kappa shape index (κ1) is 12.0. The van der Waals surface area contributed by atoms with Crippen molar-refractivity contribution in [3.8, 4) is 0 Å². The average Bonchev–Trinajstić information content (AvgIpc) is 2.91. The second-order valence-electron chi connectivity index (χ2n) is 3.94. The molecule has 0 radical (unpaired) electrons. The van der Waals surface area contributed by atoms with Crippen LogP contribution in [0.3, 0.4) is 0 Å². The van der Waals surface area contributed by atoms with Gasteiger partial charge in [0.1, 0.15) is 0 Å². The lowest BCUT2D eigenvalue weighted by molar-refractivity contribution is -0.0525. The van der Waals surface area contributed by atoms with Crippen LogP contribution >= 0.6 is 11.3 Å². The molecule has 0 saturated carbocycles. The minimum absolute atomic E-state index is 0.0102. The molecule has 1 saturated heterocycles. The molecule has 1 atom stereocenters. The van der Waals surface area contributed by atoms with Crippen molar-refractivity contribution in [2.24, 2.45) is 0 Å². The summed E-state index contributed by atoms with van der Waals surface area (Å²) in [5.74, 6) is 0. The van der Waals surface area contributed by atoms with E-state index < -0.39 is 0 Å². The summed E-state index contributed by atoms with van der Waals surface area (Å²) in [6, 6.07) is 4.74. The quantitative estimate of drug-likeness (QED) is 0.826. The van der Waals surface area contributed by atoms with E-state index in [9.17, 15) is 0 Å². The number of nitrogens with one attached hydrogen (secondary N) is 1. The summed E-state index contributed by atoms with van der Waals surface area (Å²) >= 11 is 1.81. The van der Waals surface area contributed by atoms with Gasteiger partial charge in [-0.25, -0.2) is 0 Å². The van der Waals surface area contributed by atoms with Crippen LogP contribution in [0.15, 0.2) is 17.5 Å². The van der Waals surface area contributed by atoms with Gasteiger partial charge in [0.05, 0.1) is 13.2 Å². The lowest BCUT2D eigenvalue weighted by atomic mass is 10.1. The summed E-state index contributed by atoms with van der Waals surface area (Å²) in [4.78, 5) is 1.42. The second kappa shape index (κ2) is 6.35. The maximum Gasteiger partial charge on any atom is 0.159 e. The molecule has 16 heavy (non-hydrogen) atoms. The highest BCUT2D eigenvalue weighted by atomic mass is 32.1. The van der Waals surface area contributed by atoms with E-state index >= 15 is 0 Å². The fourth-order valence-corrected chi connectivity index (χ4v) is 2.76. The van der Waals surface area contributed by atoms with Crippen LogP contribution in [-0.4, -0.2) is 32.1 Å². The Bertz CT molecular complexity index is 283. The van der Waals surface area contributed by atoms with Crippen molar-refractivity contribution in [1.29, 1.82) is 0 Å². The van der Waals surface area contributed by atoms with E-state index in [-0.39, 0.29) is 6.29 Å². The number of thiophene rings is 1. The molecule has 0 spiro atoms. The molecule has 0 amide bonds. The maximum absolute atomic E-state index is 5.49. The van der Waals surface area contributed by atoms with Gasteiger partial charge in [0.15, 0.2) is 6.29 Å². The van der Waals surface area contributed by atoms with Gasteiger partial charge in [0.25, 0.3) is 0 Å². The molecule has 3 nitrogen and oxygen atoms in total. The number of hydrogen-bond acceptors (Lipinski definition) is 4. The zero-order valence-corrected chi connectivity index (χ0v) is 10.5. The minimum atomic E-state index is -0.0102. The first-order chi connectivity index (χ1) is 7.88. The van der Waals surface area contributed by atoms with Crippen molar-refractivity contribution < 1.29 is 9.47 Å². The lowest BCUT2D eigenvalue weighted by Gasteiger charge is -2.20. The van der Waals surface area contributed by atoms with Gasteiger partial charge in [-0.3, -0.25) is 0 Å². The second-order valence-corrected chi connectivity index (χ2v) is 4.98. The first-order valence-corrected chi connectivity index (χ1v) is 6.75. The molecule has 2 rings (SSSR count). The van der Waals surface area contributed by atoms with E-state index in [0.29, 0.717) is 6.04 Å². The van der Waals surface area contributed by atoms with Gasteiger partial charge in [-0.2, -0.15) is 0 Å². The third kappa shape index (κ3) is 3.56. The van der Waals surface area contributed by atoms with E-state index in [0.717, 1.165) is 32.6 Å². The zero-order valence-electron chi connectivity index (χ0n) is 9.65. The minimum Gasteiger partial charge on any atom is -0.350 e. The van der Waals surface area contributed by atoms with E-state index in [1.807, 2.05) is 11.3 Å². The highest BCUT2D eigenvalue weighted by Gasteiger charge is 2.21. The summed E-state index contributed by atoms with van der Waals surface area (Å²) in [6.45, 7) is 4.60. The van der Waals surface area contributed by atoms with Crippen molar-refractivity contribution in [2.75, 3.05) is 19.8 Å². The molecule has 0 bridgehead atoms. The Kier molecular flexibility index (Phi) is 4.78. The van der Waals surface area contributed by atoms with Crippen LogP contribution < -0.4 is 5.32 Å². The number of ether oxygens (including phenoxy) is 2. The standard InChI is InChI=1S/C12H19NO2S/c1-2-13-10(8-11-4-3-7-16-11)9-12-14-5-6-15-12/h3-4,7,10,12-13H,2,5-6,8-9H2,1H3. The van der Waals surface area contributed by atoms with Crippen molar-refractivity contribution >= 4 is 11.3 Å². The van der Waals surface area contributed by atoms with Gasteiger partial charge in [0.2, 0.25) is 0 Å². The third-order valence-electron chi connectivity index (χ3n) is 2.69. The number of rotatable bonds is 6. The fourth-order valence-electron chi connectivity index (χ4n) is 1.97. The van der Waals surface area contributed by atoms with Crippen LogP contribution in [0.2, 0.25) is 0 Å². The maximum atomic E-state index is 5.49. The number of hydrogen-bond donors (Lipinski definition) is 1. The van der Waals surface area contributed by atoms with E-state index in [1.165, 1.54) is 4.88 Å². The predicted octanol–water partition coefficient (Wildman–Crippen LogP) is 2.03. The van der Waals surface area contributed by atoms with Crippen LogP contribution in [0, 0.1) is 0 Å². The van der Waals surface area contributed by atoms with Crippen LogP contribution in [0.5, 0.6) is 0 Å². The molecule has 1 aliphatic heterocycles. The summed E-state index contributed by atoms with van der Waals surface area (Å²) in [7, 11) is 0. The molecule has 4 heteroatoms. The Morgan fingerprint density at radius 1 is 1.50 bits per heavy atom. The van der Waals surface area contributed by atoms with Gasteiger partial charge >= 0.3 is 0 Å². The van der Waals surface area contributed by atoms with Gasteiger partial charge in [-0.1, -0.05) is 13.0 Å². The molecule has 0 aromatic carbocycles. The summed E-state index contributed by atoms with van der Waals surface area (Å²) in [5, 5.41) is 5.62. The average molecular weight is 241 g/mol. The van der Waals surface area contributed by atoms with Gasteiger partial charge < -0.3 is 14.8 Å². The first-order valence-electron chi connectivity index (χ1n) is 5.87. The van der Waals surface area contributed by atoms with Gasteiger partial charge in [0, 0.05) is 17.3 Å². The van der Waals surface area contributed by atoms with Crippen LogP contribution in [-0.2, 0) is 15.9 Å². The van der Waals surface area contributed by atoms with E-state index in [1.54, 1.807) is 0 Å². The Morgan fingerprint density at radius 2 is 2.31 bits per heavy atom. The van der Waals surface area contributed by atoms with Crippen molar-refractivity contribution in [3.05, 3.63) is 22.4 Å². The highest BCUT2D eigenvalue weighted by molar-refractivity contribution is 7.09. The Hall–Kier alpha value is -0.420. The third-order valence-corrected chi connectivity index (χ3v) is 3.59. The number of likely N-dealkylation sites (N-methyl/N-ethyl adjacent to an activating group) is 1. The predicted molar refractivity (Wildman–Crippen MR) is 65.8 cm³/mol. The Morgan fingerprint density at radius 3 is 2.94 bits per heavy atom. The normalized spacial score (nSPS) is 19.1. The molecule has 0 aliphatic carbocycles. The van der Waals surface area contributed by atoms with Crippen LogP contribution in [0.1, 0.15) is 18.2 Å². The van der Waals surface area contributed by atoms with Crippen LogP contribution in [0.25, 0.3) is 0 Å². The molecule has 2 heterocycles. The van der Waals surface area contributed by atoms with Crippen LogP contribution in [0.4, 0.5) is 0 Å². The highest BCUT2D eigenvalue weighted by Crippen LogP contribution is 2.16. The summed E-state index contributed by atoms with van der Waals surface area (Å²) < 4.78 is 11.0. The van der Waals surface area contributed by atoms with E-state index in [4.69, 9.17) is 9.47 Å². The fraction of sp³-hybridized carbons (Fsp3) is 0.667. The monoisotopic (exact) mass is 241 g/mol. The molecule has 1 aromatic rings. The zero-order chi connectivity index (χ0) is 11.2. The topological polar surface area (TPSA) is 30.5 Å². The summed E-state index contributed by atoms with van der Waals surface area (Å²) in [5.41, 5.74) is 0. The lowest BCUT2D eigenvalue weighted by Crippen LogP contribution is -2.34. The summed E-state index contributed by atoms with van der Waals surface area (Å²) in [6.07, 6.45) is 1.99. The molecular formula is C12H19NO2S. The molecule has 1 N–H and O–H groups in total. The van der Waals surface area contributed by atoms with Crippen molar-refractivity contribution in [3.63, 3.8) is 0 Å². The molecule has 1 fully saturated rings. The molecule has 1 unspecified atom stereocenters. The van der Waals surface area contributed by atoms with Gasteiger partial charge in [-0.15, -0.1) is 11.3 Å². The van der Waals surface area contributed by atoms with Crippen molar-refractivity contribution in [1.82, 2.24) is 5.32 Å².